The van der Waals surface area contributed by atoms with Gasteiger partial charge in [-0.1, -0.05) is 18.2 Å². The molecule has 138 valence electrons. The topological polar surface area (TPSA) is 88.8 Å². The maximum atomic E-state index is 13.7. The van der Waals surface area contributed by atoms with Crippen LogP contribution >= 0.6 is 0 Å². The summed E-state index contributed by atoms with van der Waals surface area (Å²) in [7, 11) is -2.60. The van der Waals surface area contributed by atoms with Crippen LogP contribution in [0.25, 0.3) is 11.0 Å². The van der Waals surface area contributed by atoms with E-state index in [1.165, 1.54) is 19.2 Å². The molecule has 2 aromatic carbocycles. The van der Waals surface area contributed by atoms with E-state index in [4.69, 9.17) is 9.15 Å². The third-order valence-electron chi connectivity index (χ3n) is 3.92. The molecule has 0 amide bonds. The summed E-state index contributed by atoms with van der Waals surface area (Å²) in [6.45, 7) is -0.0335. The number of benzene rings is 2. The van der Waals surface area contributed by atoms with Gasteiger partial charge in [0, 0.05) is 11.9 Å². The van der Waals surface area contributed by atoms with Gasteiger partial charge in [-0.25, -0.2) is 17.5 Å². The summed E-state index contributed by atoms with van der Waals surface area (Å²) in [6, 6.07) is 12.4. The van der Waals surface area contributed by atoms with Gasteiger partial charge < -0.3 is 14.3 Å². The Balaban J connectivity index is 1.63. The molecular formula is C18H18FNO5S. The largest absolute Gasteiger partial charge is 0.494 e. The predicted molar refractivity (Wildman–Crippen MR) is 93.9 cm³/mol. The fraction of sp³-hybridized carbons (Fsp3) is 0.222. The van der Waals surface area contributed by atoms with Gasteiger partial charge in [0.2, 0.25) is 10.0 Å². The van der Waals surface area contributed by atoms with Crippen molar-refractivity contribution < 1.29 is 27.1 Å². The van der Waals surface area contributed by atoms with Crippen molar-refractivity contribution in [3.8, 4) is 5.75 Å². The monoisotopic (exact) mass is 379 g/mol. The Morgan fingerprint density at radius 2 is 2.00 bits per heavy atom. The van der Waals surface area contributed by atoms with Crippen LogP contribution in [-0.4, -0.2) is 27.2 Å². The second kappa shape index (κ2) is 7.45. The summed E-state index contributed by atoms with van der Waals surface area (Å²) >= 11 is 0. The number of aliphatic hydroxyl groups excluding tert-OH is 1. The average molecular weight is 379 g/mol. The first-order valence-corrected chi connectivity index (χ1v) is 9.39. The number of para-hydroxylation sites is 1. The van der Waals surface area contributed by atoms with Gasteiger partial charge in [-0.15, -0.1) is 0 Å². The van der Waals surface area contributed by atoms with E-state index in [9.17, 15) is 17.9 Å². The zero-order valence-electron chi connectivity index (χ0n) is 14.0. The normalized spacial score (nSPS) is 13.0. The van der Waals surface area contributed by atoms with Crippen LogP contribution in [0.1, 0.15) is 18.3 Å². The van der Waals surface area contributed by atoms with Crippen molar-refractivity contribution in [1.82, 2.24) is 4.72 Å². The van der Waals surface area contributed by atoms with Crippen LogP contribution in [0.15, 0.2) is 57.8 Å². The van der Waals surface area contributed by atoms with Crippen LogP contribution in [-0.2, 0) is 10.0 Å². The van der Waals surface area contributed by atoms with E-state index in [1.807, 2.05) is 18.2 Å². The maximum absolute atomic E-state index is 13.7. The SMILES string of the molecule is COc1ccc(S(=O)(=O)NCC[C@@H](O)c2cc3ccccc3o2)cc1F. The zero-order valence-corrected chi connectivity index (χ0v) is 14.8. The first-order chi connectivity index (χ1) is 12.4. The number of rotatable bonds is 7. The number of methoxy groups -OCH3 is 1. The molecule has 3 aromatic rings. The Morgan fingerprint density at radius 1 is 1.23 bits per heavy atom. The molecule has 0 fully saturated rings. The highest BCUT2D eigenvalue weighted by Crippen LogP contribution is 2.25. The summed E-state index contributed by atoms with van der Waals surface area (Å²) < 4.78 is 50.8. The van der Waals surface area contributed by atoms with Gasteiger partial charge >= 0.3 is 0 Å². The Labute approximate surface area is 150 Å². The molecule has 26 heavy (non-hydrogen) atoms. The fourth-order valence-electron chi connectivity index (χ4n) is 2.54. The highest BCUT2D eigenvalue weighted by molar-refractivity contribution is 7.89. The number of ether oxygens (including phenoxy) is 1. The quantitative estimate of drug-likeness (QED) is 0.659. The molecule has 0 aliphatic heterocycles. The average Bonchev–Trinajstić information content (AvgIpc) is 3.05. The molecule has 0 aliphatic rings. The Bertz CT molecular complexity index is 982. The van der Waals surface area contributed by atoms with Crippen LogP contribution < -0.4 is 9.46 Å². The smallest absolute Gasteiger partial charge is 0.240 e. The van der Waals surface area contributed by atoms with Crippen molar-refractivity contribution in [2.75, 3.05) is 13.7 Å². The van der Waals surface area contributed by atoms with Crippen LogP contribution in [0.2, 0.25) is 0 Å². The molecule has 0 aliphatic carbocycles. The molecule has 3 rings (SSSR count). The number of aliphatic hydroxyl groups is 1. The predicted octanol–water partition coefficient (Wildman–Crippen LogP) is 2.98. The van der Waals surface area contributed by atoms with Gasteiger partial charge in [0.1, 0.15) is 17.4 Å². The lowest BCUT2D eigenvalue weighted by Crippen LogP contribution is -2.26. The zero-order chi connectivity index (χ0) is 18.7. The van der Waals surface area contributed by atoms with E-state index >= 15 is 0 Å². The molecule has 0 radical (unpaired) electrons. The first-order valence-electron chi connectivity index (χ1n) is 7.90. The summed E-state index contributed by atoms with van der Waals surface area (Å²) in [5, 5.41) is 11.1. The van der Waals surface area contributed by atoms with Crippen molar-refractivity contribution in [3.63, 3.8) is 0 Å². The van der Waals surface area contributed by atoms with Crippen LogP contribution in [0.3, 0.4) is 0 Å². The molecular weight excluding hydrogens is 361 g/mol. The van der Waals surface area contributed by atoms with Crippen molar-refractivity contribution in [2.24, 2.45) is 0 Å². The third-order valence-corrected chi connectivity index (χ3v) is 5.38. The summed E-state index contributed by atoms with van der Waals surface area (Å²) in [5.41, 5.74) is 0.649. The minimum atomic E-state index is -3.90. The number of hydrogen-bond donors (Lipinski definition) is 2. The molecule has 0 saturated heterocycles. The number of hydrogen-bond acceptors (Lipinski definition) is 5. The van der Waals surface area contributed by atoms with Gasteiger partial charge in [-0.2, -0.15) is 0 Å². The van der Waals surface area contributed by atoms with Crippen molar-refractivity contribution in [1.29, 1.82) is 0 Å². The van der Waals surface area contributed by atoms with E-state index < -0.39 is 21.9 Å². The lowest BCUT2D eigenvalue weighted by Gasteiger charge is -2.10. The first kappa shape index (κ1) is 18.4. The molecule has 0 unspecified atom stereocenters. The van der Waals surface area contributed by atoms with Gasteiger partial charge in [-0.3, -0.25) is 0 Å². The Morgan fingerprint density at radius 3 is 2.69 bits per heavy atom. The van der Waals surface area contributed by atoms with E-state index in [-0.39, 0.29) is 23.6 Å². The van der Waals surface area contributed by atoms with Gasteiger partial charge in [0.25, 0.3) is 0 Å². The summed E-state index contributed by atoms with van der Waals surface area (Å²) in [6.07, 6.45) is -0.852. The minimum Gasteiger partial charge on any atom is -0.494 e. The molecule has 0 spiro atoms. The number of halogens is 1. The number of nitrogens with one attached hydrogen (secondary N) is 1. The highest BCUT2D eigenvalue weighted by Gasteiger charge is 2.18. The molecule has 2 N–H and O–H groups in total. The second-order valence-corrected chi connectivity index (χ2v) is 7.45. The van der Waals surface area contributed by atoms with Gasteiger partial charge in [0.05, 0.1) is 12.0 Å². The minimum absolute atomic E-state index is 0.0335. The Kier molecular flexibility index (Phi) is 5.26. The van der Waals surface area contributed by atoms with Gasteiger partial charge in [0.15, 0.2) is 11.6 Å². The Hall–Kier alpha value is -2.42. The van der Waals surface area contributed by atoms with Crippen LogP contribution in [0.4, 0.5) is 4.39 Å². The molecule has 1 atom stereocenters. The highest BCUT2D eigenvalue weighted by atomic mass is 32.2. The molecule has 0 bridgehead atoms. The van der Waals surface area contributed by atoms with Crippen molar-refractivity contribution in [3.05, 3.63) is 60.1 Å². The molecule has 8 heteroatoms. The van der Waals surface area contributed by atoms with E-state index in [2.05, 4.69) is 4.72 Å². The molecule has 1 heterocycles. The lowest BCUT2D eigenvalue weighted by atomic mass is 10.2. The van der Waals surface area contributed by atoms with Crippen LogP contribution in [0.5, 0.6) is 5.75 Å². The summed E-state index contributed by atoms with van der Waals surface area (Å²) in [4.78, 5) is -0.214. The van der Waals surface area contributed by atoms with E-state index in [0.717, 1.165) is 11.5 Å². The molecule has 6 nitrogen and oxygen atoms in total. The van der Waals surface area contributed by atoms with E-state index in [0.29, 0.717) is 11.3 Å². The summed E-state index contributed by atoms with van der Waals surface area (Å²) in [5.74, 6) is -0.442. The number of fused-ring (bicyclic) bond motifs is 1. The van der Waals surface area contributed by atoms with Crippen LogP contribution in [0, 0.1) is 5.82 Å². The lowest BCUT2D eigenvalue weighted by molar-refractivity contribution is 0.144. The standard InChI is InChI=1S/C18H18FNO5S/c1-24-17-7-6-13(11-14(17)19)26(22,23)20-9-8-15(21)18-10-12-4-2-3-5-16(12)25-18/h2-7,10-11,15,20-21H,8-9H2,1H3/t15-/m1/s1. The number of sulfonamides is 1. The maximum Gasteiger partial charge on any atom is 0.240 e. The fourth-order valence-corrected chi connectivity index (χ4v) is 3.60. The third kappa shape index (κ3) is 3.87. The van der Waals surface area contributed by atoms with E-state index in [1.54, 1.807) is 12.1 Å². The molecule has 0 saturated carbocycles. The molecule has 1 aromatic heterocycles. The van der Waals surface area contributed by atoms with Gasteiger partial charge in [-0.05, 0) is 36.8 Å². The van der Waals surface area contributed by atoms with Crippen molar-refractivity contribution >= 4 is 21.0 Å². The second-order valence-electron chi connectivity index (χ2n) is 5.69. The van der Waals surface area contributed by atoms with Crippen molar-refractivity contribution in [2.45, 2.75) is 17.4 Å². The number of furan rings is 1.